The van der Waals surface area contributed by atoms with Crippen LogP contribution in [0.15, 0.2) is 12.3 Å². The maximum atomic E-state index is 9.06. The molecule has 96 valence electrons. The summed E-state index contributed by atoms with van der Waals surface area (Å²) in [5.74, 6) is 0.506. The maximum Gasteiger partial charge on any atom is 0.0575 e. The summed E-state index contributed by atoms with van der Waals surface area (Å²) in [6.07, 6.45) is 7.54. The van der Waals surface area contributed by atoms with Crippen LogP contribution in [-0.2, 0) is 18.2 Å². The van der Waals surface area contributed by atoms with Crippen molar-refractivity contribution >= 4 is 0 Å². The number of ether oxygens (including phenoxy) is 1. The van der Waals surface area contributed by atoms with Gasteiger partial charge in [-0.25, -0.2) is 0 Å². The zero-order chi connectivity index (χ0) is 12.1. The molecule has 0 unspecified atom stereocenters. The minimum absolute atomic E-state index is 0.335. The molecule has 4 heteroatoms. The summed E-state index contributed by atoms with van der Waals surface area (Å²) in [4.78, 5) is 0. The van der Waals surface area contributed by atoms with E-state index in [0.29, 0.717) is 18.6 Å². The first-order valence-electron chi connectivity index (χ1n) is 6.49. The Balaban J connectivity index is 1.65. The zero-order valence-corrected chi connectivity index (χ0v) is 10.5. The molecule has 17 heavy (non-hydrogen) atoms. The molecule has 4 nitrogen and oxygen atoms in total. The van der Waals surface area contributed by atoms with Gasteiger partial charge in [0.2, 0.25) is 0 Å². The van der Waals surface area contributed by atoms with Crippen molar-refractivity contribution in [3.63, 3.8) is 0 Å². The molecule has 0 aliphatic heterocycles. The molecule has 1 N–H and O–H groups in total. The van der Waals surface area contributed by atoms with Gasteiger partial charge in [0.15, 0.2) is 0 Å². The van der Waals surface area contributed by atoms with Gasteiger partial charge < -0.3 is 9.84 Å². The van der Waals surface area contributed by atoms with Crippen molar-refractivity contribution < 1.29 is 9.84 Å². The highest BCUT2D eigenvalue weighted by Crippen LogP contribution is 2.25. The summed E-state index contributed by atoms with van der Waals surface area (Å²) in [5, 5.41) is 13.2. The van der Waals surface area contributed by atoms with Crippen LogP contribution < -0.4 is 0 Å². The Kier molecular flexibility index (Phi) is 4.57. The van der Waals surface area contributed by atoms with Crippen molar-refractivity contribution in [2.24, 2.45) is 13.0 Å². The van der Waals surface area contributed by atoms with E-state index < -0.39 is 0 Å². The molecular weight excluding hydrogens is 216 g/mol. The van der Waals surface area contributed by atoms with Crippen molar-refractivity contribution in [3.8, 4) is 0 Å². The molecule has 2 rings (SSSR count). The van der Waals surface area contributed by atoms with Gasteiger partial charge >= 0.3 is 0 Å². The Morgan fingerprint density at radius 3 is 2.76 bits per heavy atom. The second kappa shape index (κ2) is 6.17. The minimum Gasteiger partial charge on any atom is -0.396 e. The van der Waals surface area contributed by atoms with E-state index >= 15 is 0 Å². The van der Waals surface area contributed by atoms with Gasteiger partial charge in [-0.3, -0.25) is 4.68 Å². The van der Waals surface area contributed by atoms with E-state index in [0.717, 1.165) is 38.7 Å². The van der Waals surface area contributed by atoms with Gasteiger partial charge in [-0.15, -0.1) is 0 Å². The molecule has 1 heterocycles. The average molecular weight is 238 g/mol. The van der Waals surface area contributed by atoms with E-state index in [1.807, 2.05) is 24.0 Å². The van der Waals surface area contributed by atoms with E-state index in [9.17, 15) is 0 Å². The first kappa shape index (κ1) is 12.6. The number of hydrogen-bond acceptors (Lipinski definition) is 3. The molecule has 1 aliphatic carbocycles. The zero-order valence-electron chi connectivity index (χ0n) is 10.5. The predicted octanol–water partition coefficient (Wildman–Crippen LogP) is 1.53. The first-order chi connectivity index (χ1) is 8.29. The number of aryl methyl sites for hydroxylation is 1. The summed E-state index contributed by atoms with van der Waals surface area (Å²) in [6.45, 7) is 1.11. The summed E-state index contributed by atoms with van der Waals surface area (Å²) < 4.78 is 7.78. The summed E-state index contributed by atoms with van der Waals surface area (Å²) in [7, 11) is 1.96. The largest absolute Gasteiger partial charge is 0.396 e. The van der Waals surface area contributed by atoms with Crippen molar-refractivity contribution in [1.29, 1.82) is 0 Å². The van der Waals surface area contributed by atoms with Crippen LogP contribution >= 0.6 is 0 Å². The number of rotatable bonds is 5. The van der Waals surface area contributed by atoms with Crippen LogP contribution in [-0.4, -0.2) is 34.2 Å². The van der Waals surface area contributed by atoms with E-state index in [1.165, 1.54) is 5.69 Å². The third kappa shape index (κ3) is 3.54. The highest BCUT2D eigenvalue weighted by atomic mass is 16.5. The lowest BCUT2D eigenvalue weighted by Gasteiger charge is -2.27. The van der Waals surface area contributed by atoms with Crippen LogP contribution in [0, 0.1) is 5.92 Å². The van der Waals surface area contributed by atoms with E-state index in [2.05, 4.69) is 5.10 Å². The molecule has 1 aromatic heterocycles. The van der Waals surface area contributed by atoms with Crippen LogP contribution in [0.2, 0.25) is 0 Å². The fourth-order valence-electron chi connectivity index (χ4n) is 2.46. The Morgan fingerprint density at radius 1 is 1.41 bits per heavy atom. The number of nitrogens with zero attached hydrogens (tertiary/aromatic N) is 2. The van der Waals surface area contributed by atoms with E-state index in [-0.39, 0.29) is 0 Å². The van der Waals surface area contributed by atoms with Gasteiger partial charge in [-0.1, -0.05) is 0 Å². The van der Waals surface area contributed by atoms with E-state index in [1.54, 1.807) is 0 Å². The lowest BCUT2D eigenvalue weighted by molar-refractivity contribution is 0.0124. The van der Waals surface area contributed by atoms with Crippen LogP contribution in [0.4, 0.5) is 0 Å². The molecule has 1 saturated carbocycles. The fraction of sp³-hybridized carbons (Fsp3) is 0.769. The minimum atomic E-state index is 0.335. The monoisotopic (exact) mass is 238 g/mol. The molecule has 0 atom stereocenters. The molecule has 1 aliphatic rings. The lowest BCUT2D eigenvalue weighted by atomic mass is 9.88. The molecule has 0 amide bonds. The second-order valence-electron chi connectivity index (χ2n) is 4.89. The van der Waals surface area contributed by atoms with Gasteiger partial charge in [0.25, 0.3) is 0 Å². The topological polar surface area (TPSA) is 47.3 Å². The van der Waals surface area contributed by atoms with Gasteiger partial charge in [0, 0.05) is 32.0 Å². The normalized spacial score (nSPS) is 25.1. The smallest absolute Gasteiger partial charge is 0.0575 e. The second-order valence-corrected chi connectivity index (χ2v) is 4.89. The quantitative estimate of drug-likeness (QED) is 0.846. The van der Waals surface area contributed by atoms with Gasteiger partial charge in [-0.05, 0) is 37.7 Å². The molecular formula is C13H22N2O2. The Bertz CT molecular complexity index is 330. The van der Waals surface area contributed by atoms with Gasteiger partial charge in [-0.2, -0.15) is 5.10 Å². The van der Waals surface area contributed by atoms with E-state index in [4.69, 9.17) is 9.84 Å². The summed E-state index contributed by atoms with van der Waals surface area (Å²) in [5.41, 5.74) is 1.22. The third-order valence-electron chi connectivity index (χ3n) is 3.69. The summed E-state index contributed by atoms with van der Waals surface area (Å²) >= 11 is 0. The number of aliphatic hydroxyl groups excluding tert-OH is 1. The average Bonchev–Trinajstić information content (AvgIpc) is 2.76. The molecule has 0 bridgehead atoms. The van der Waals surface area contributed by atoms with Gasteiger partial charge in [0.05, 0.1) is 12.7 Å². The number of aromatic nitrogens is 2. The molecule has 0 spiro atoms. The first-order valence-corrected chi connectivity index (χ1v) is 6.49. The highest BCUT2D eigenvalue weighted by molar-refractivity contribution is 4.99. The van der Waals surface area contributed by atoms with Gasteiger partial charge in [0.1, 0.15) is 0 Å². The van der Waals surface area contributed by atoms with Crippen molar-refractivity contribution in [2.75, 3.05) is 13.2 Å². The molecule has 1 fully saturated rings. The Labute approximate surface area is 103 Å². The van der Waals surface area contributed by atoms with Crippen molar-refractivity contribution in [2.45, 2.75) is 38.2 Å². The predicted molar refractivity (Wildman–Crippen MR) is 65.7 cm³/mol. The molecule has 0 radical (unpaired) electrons. The molecule has 0 saturated heterocycles. The number of hydrogen-bond donors (Lipinski definition) is 1. The van der Waals surface area contributed by atoms with Crippen LogP contribution in [0.3, 0.4) is 0 Å². The standard InChI is InChI=1S/C13H22N2O2/c1-15-12(6-8-14-15)7-9-17-13-4-2-11(10-16)3-5-13/h6,8,11,13,16H,2-5,7,9-10H2,1H3. The third-order valence-corrected chi connectivity index (χ3v) is 3.69. The highest BCUT2D eigenvalue weighted by Gasteiger charge is 2.20. The maximum absolute atomic E-state index is 9.06. The lowest BCUT2D eigenvalue weighted by Crippen LogP contribution is -2.24. The molecule has 0 aromatic carbocycles. The SMILES string of the molecule is Cn1nccc1CCOC1CCC(CO)CC1. The summed E-state index contributed by atoms with van der Waals surface area (Å²) in [6, 6.07) is 2.03. The Hall–Kier alpha value is -0.870. The van der Waals surface area contributed by atoms with Crippen LogP contribution in [0.1, 0.15) is 31.4 Å². The van der Waals surface area contributed by atoms with Crippen LogP contribution in [0.25, 0.3) is 0 Å². The van der Waals surface area contributed by atoms with Crippen molar-refractivity contribution in [1.82, 2.24) is 9.78 Å². The fourth-order valence-corrected chi connectivity index (χ4v) is 2.46. The number of aliphatic hydroxyl groups is 1. The van der Waals surface area contributed by atoms with Crippen molar-refractivity contribution in [3.05, 3.63) is 18.0 Å². The molecule has 1 aromatic rings. The Morgan fingerprint density at radius 2 is 2.18 bits per heavy atom. The van der Waals surface area contributed by atoms with Crippen LogP contribution in [0.5, 0.6) is 0 Å².